The molecule has 1 aromatic heterocycles. The molecule has 3 heterocycles. The number of amides is 1. The molecule has 0 bridgehead atoms. The second kappa shape index (κ2) is 9.19. The van der Waals surface area contributed by atoms with Gasteiger partial charge in [0.1, 0.15) is 17.3 Å². The van der Waals surface area contributed by atoms with Crippen molar-refractivity contribution in [2.45, 2.75) is 24.9 Å². The van der Waals surface area contributed by atoms with Crippen LogP contribution in [0, 0.1) is 0 Å². The molecule has 0 radical (unpaired) electrons. The first-order valence-corrected chi connectivity index (χ1v) is 11.6. The highest BCUT2D eigenvalue weighted by Crippen LogP contribution is 2.47. The second-order valence-electron chi connectivity index (χ2n) is 8.72. The number of aromatic nitrogens is 1. The van der Waals surface area contributed by atoms with Crippen LogP contribution in [-0.2, 0) is 4.79 Å². The zero-order valence-corrected chi connectivity index (χ0v) is 19.3. The van der Waals surface area contributed by atoms with Gasteiger partial charge in [-0.2, -0.15) is 0 Å². The fourth-order valence-corrected chi connectivity index (χ4v) is 5.10. The number of hydrogen-bond donors (Lipinski definition) is 1. The number of pyridine rings is 1. The average Bonchev–Trinajstić information content (AvgIpc) is 3.17. The van der Waals surface area contributed by atoms with Crippen LogP contribution in [-0.4, -0.2) is 47.0 Å². The molecule has 3 aromatic rings. The van der Waals surface area contributed by atoms with Crippen molar-refractivity contribution in [3.8, 4) is 11.5 Å². The smallest absolute Gasteiger partial charge is 0.246 e. The molecule has 34 heavy (non-hydrogen) atoms. The summed E-state index contributed by atoms with van der Waals surface area (Å²) in [4.78, 5) is 18.6. The first-order valence-electron chi connectivity index (χ1n) is 11.6. The molecular weight excluding hydrogens is 426 g/mol. The van der Waals surface area contributed by atoms with Crippen molar-refractivity contribution in [2.75, 3.05) is 30.9 Å². The molecule has 2 aromatic carbocycles. The van der Waals surface area contributed by atoms with Gasteiger partial charge >= 0.3 is 0 Å². The minimum Gasteiger partial charge on any atom is -0.457 e. The number of carbonyl (C=O) groups excluding carboxylic acids is 1. The molecule has 2 unspecified atom stereocenters. The number of nitrogens with zero attached hydrogens (tertiary/aromatic N) is 4. The molecule has 0 saturated carbocycles. The van der Waals surface area contributed by atoms with E-state index in [4.69, 9.17) is 10.5 Å². The fourth-order valence-electron chi connectivity index (χ4n) is 5.10. The summed E-state index contributed by atoms with van der Waals surface area (Å²) in [7, 11) is 2.08. The van der Waals surface area contributed by atoms with Gasteiger partial charge in [-0.05, 0) is 54.8 Å². The number of likely N-dealkylation sites (tertiary alicyclic amines) is 1. The monoisotopic (exact) mass is 455 g/mol. The van der Waals surface area contributed by atoms with Crippen LogP contribution in [0.3, 0.4) is 0 Å². The van der Waals surface area contributed by atoms with Gasteiger partial charge in [0.2, 0.25) is 5.91 Å². The van der Waals surface area contributed by atoms with Gasteiger partial charge < -0.3 is 15.4 Å². The molecule has 2 aliphatic rings. The molecule has 1 fully saturated rings. The summed E-state index contributed by atoms with van der Waals surface area (Å²) in [5, 5.41) is 4.51. The number of para-hydroxylation sites is 1. The number of nitrogens with two attached hydrogens (primary N) is 1. The summed E-state index contributed by atoms with van der Waals surface area (Å²) in [6.45, 7) is 5.06. The predicted molar refractivity (Wildman–Crippen MR) is 133 cm³/mol. The average molecular weight is 456 g/mol. The Labute approximate surface area is 200 Å². The van der Waals surface area contributed by atoms with Crippen molar-refractivity contribution < 1.29 is 9.53 Å². The number of rotatable bonds is 5. The van der Waals surface area contributed by atoms with Crippen LogP contribution in [0.1, 0.15) is 30.0 Å². The Bertz CT molecular complexity index is 1180. The summed E-state index contributed by atoms with van der Waals surface area (Å²) in [6.07, 6.45) is 5.08. The molecule has 7 heteroatoms. The lowest BCUT2D eigenvalue weighted by atomic mass is 9.99. The number of nitrogen functional groups attached to an aromatic ring is 1. The van der Waals surface area contributed by atoms with E-state index in [1.807, 2.05) is 53.4 Å². The molecule has 0 aliphatic carbocycles. The van der Waals surface area contributed by atoms with E-state index < -0.39 is 0 Å². The summed E-state index contributed by atoms with van der Waals surface area (Å²) in [5.74, 6) is 2.08. The highest BCUT2D eigenvalue weighted by Gasteiger charge is 2.41. The second-order valence-corrected chi connectivity index (χ2v) is 8.72. The van der Waals surface area contributed by atoms with Gasteiger partial charge in [-0.1, -0.05) is 36.9 Å². The quantitative estimate of drug-likeness (QED) is 0.575. The molecule has 1 amide bonds. The van der Waals surface area contributed by atoms with Crippen LogP contribution in [0.4, 0.5) is 11.5 Å². The Morgan fingerprint density at radius 3 is 2.59 bits per heavy atom. The van der Waals surface area contributed by atoms with Gasteiger partial charge in [-0.3, -0.25) is 9.80 Å². The minimum absolute atomic E-state index is 0.0217. The highest BCUT2D eigenvalue weighted by molar-refractivity contribution is 5.87. The van der Waals surface area contributed by atoms with Crippen LogP contribution in [0.2, 0.25) is 0 Å². The third-order valence-corrected chi connectivity index (χ3v) is 6.64. The first kappa shape index (κ1) is 22.0. The molecule has 7 nitrogen and oxygen atoms in total. The van der Waals surface area contributed by atoms with Crippen molar-refractivity contribution in [2.24, 2.45) is 0 Å². The van der Waals surface area contributed by atoms with Crippen LogP contribution in [0.25, 0.3) is 0 Å². The maximum absolute atomic E-state index is 12.3. The zero-order chi connectivity index (χ0) is 23.7. The number of hydrogen-bond acceptors (Lipinski definition) is 6. The Hall–Kier alpha value is -3.84. The summed E-state index contributed by atoms with van der Waals surface area (Å²) in [5.41, 5.74) is 9.55. The predicted octanol–water partition coefficient (Wildman–Crippen LogP) is 4.39. The lowest BCUT2D eigenvalue weighted by molar-refractivity contribution is -0.127. The number of benzene rings is 2. The van der Waals surface area contributed by atoms with Crippen LogP contribution < -0.4 is 15.5 Å². The van der Waals surface area contributed by atoms with Gasteiger partial charge in [-0.25, -0.2) is 9.99 Å². The van der Waals surface area contributed by atoms with Crippen LogP contribution in [0.5, 0.6) is 11.5 Å². The fraction of sp³-hybridized carbons (Fsp3) is 0.259. The van der Waals surface area contributed by atoms with Gasteiger partial charge in [-0.15, -0.1) is 0 Å². The molecule has 2 N–H and O–H groups in total. The molecule has 174 valence electrons. The van der Waals surface area contributed by atoms with E-state index in [1.165, 1.54) is 6.08 Å². The summed E-state index contributed by atoms with van der Waals surface area (Å²) in [6, 6.07) is 19.9. The van der Waals surface area contributed by atoms with E-state index in [0.717, 1.165) is 47.7 Å². The van der Waals surface area contributed by atoms with Crippen molar-refractivity contribution in [3.63, 3.8) is 0 Å². The number of piperidine rings is 1. The number of fused-ring (bicyclic) bond motifs is 1. The normalized spacial score (nSPS) is 20.1. The topological polar surface area (TPSA) is 74.9 Å². The first-order chi connectivity index (χ1) is 16.6. The Balaban J connectivity index is 1.45. The van der Waals surface area contributed by atoms with E-state index >= 15 is 0 Å². The van der Waals surface area contributed by atoms with E-state index in [0.29, 0.717) is 12.4 Å². The molecule has 0 spiro atoms. The van der Waals surface area contributed by atoms with Crippen molar-refractivity contribution in [1.82, 2.24) is 14.9 Å². The van der Waals surface area contributed by atoms with Crippen molar-refractivity contribution in [1.29, 1.82) is 0 Å². The van der Waals surface area contributed by atoms with Crippen LogP contribution in [0.15, 0.2) is 79.5 Å². The van der Waals surface area contributed by atoms with Gasteiger partial charge in [0.05, 0.1) is 17.8 Å². The van der Waals surface area contributed by atoms with Gasteiger partial charge in [0.15, 0.2) is 0 Å². The maximum atomic E-state index is 12.3. The number of hydrazine groups is 1. The zero-order valence-electron chi connectivity index (χ0n) is 19.3. The minimum atomic E-state index is -0.0834. The lowest BCUT2D eigenvalue weighted by Crippen LogP contribution is -2.53. The van der Waals surface area contributed by atoms with E-state index in [9.17, 15) is 4.79 Å². The molecule has 1 saturated heterocycles. The van der Waals surface area contributed by atoms with E-state index in [2.05, 4.69) is 40.8 Å². The van der Waals surface area contributed by atoms with Crippen molar-refractivity contribution >= 4 is 17.4 Å². The molecule has 2 aliphatic heterocycles. The number of carbonyl (C=O) groups is 1. The number of anilines is 2. The summed E-state index contributed by atoms with van der Waals surface area (Å²) >= 11 is 0. The van der Waals surface area contributed by atoms with Gasteiger partial charge in [0, 0.05) is 31.9 Å². The maximum Gasteiger partial charge on any atom is 0.246 e. The molecular formula is C27H29N5O2. The van der Waals surface area contributed by atoms with Crippen molar-refractivity contribution in [3.05, 3.63) is 90.6 Å². The third-order valence-electron chi connectivity index (χ3n) is 6.64. The van der Waals surface area contributed by atoms with E-state index in [1.54, 1.807) is 6.20 Å². The third kappa shape index (κ3) is 3.99. The Kier molecular flexibility index (Phi) is 5.94. The SMILES string of the molecule is C=CC(=O)N1CCCC(N2c3ccnc(N)c3C(c3ccc(Oc4ccccc4)cc3)N2C)C1. The lowest BCUT2D eigenvalue weighted by Gasteiger charge is -2.42. The molecule has 5 rings (SSSR count). The Morgan fingerprint density at radius 1 is 1.12 bits per heavy atom. The molecule has 2 atom stereocenters. The largest absolute Gasteiger partial charge is 0.457 e. The summed E-state index contributed by atoms with van der Waals surface area (Å²) < 4.78 is 5.97. The number of ether oxygens (including phenoxy) is 1. The van der Waals surface area contributed by atoms with Crippen LogP contribution >= 0.6 is 0 Å². The van der Waals surface area contributed by atoms with Gasteiger partial charge in [0.25, 0.3) is 0 Å². The van der Waals surface area contributed by atoms with E-state index in [-0.39, 0.29) is 18.0 Å². The standard InChI is InChI=1S/C27H29N5O2/c1-3-24(33)31-17-7-8-20(18-31)32-23-15-16-29-27(28)25(23)26(30(32)2)19-11-13-22(14-12-19)34-21-9-5-4-6-10-21/h3-6,9-16,20,26H,1,7-8,17-18H2,2H3,(H2,28,29). The highest BCUT2D eigenvalue weighted by atomic mass is 16.5. The Morgan fingerprint density at radius 2 is 1.85 bits per heavy atom.